The van der Waals surface area contributed by atoms with E-state index in [1.165, 1.54) is 0 Å². The van der Waals surface area contributed by atoms with Crippen LogP contribution in [-0.4, -0.2) is 51.0 Å². The number of amidine groups is 1. The van der Waals surface area contributed by atoms with Crippen LogP contribution in [0.4, 0.5) is 24.8 Å². The number of guanidine groups is 1. The largest absolute Gasteiger partial charge is 0.490 e. The van der Waals surface area contributed by atoms with Crippen LogP contribution in [0.5, 0.6) is 0 Å². The van der Waals surface area contributed by atoms with Crippen molar-refractivity contribution in [2.45, 2.75) is 44.3 Å². The lowest BCUT2D eigenvalue weighted by molar-refractivity contribution is -0.192. The second-order valence-corrected chi connectivity index (χ2v) is 7.17. The summed E-state index contributed by atoms with van der Waals surface area (Å²) in [6, 6.07) is 0.0157. The van der Waals surface area contributed by atoms with Gasteiger partial charge in [0.1, 0.15) is 0 Å². The molecule has 1 amide bonds. The molecule has 0 spiro atoms. The maximum absolute atomic E-state index is 12.2. The molecule has 1 aliphatic carbocycles. The Bertz CT molecular complexity index is 887. The number of alkyl halides is 3. The minimum atomic E-state index is -5.08. The minimum absolute atomic E-state index is 0.0157. The number of anilines is 2. The summed E-state index contributed by atoms with van der Waals surface area (Å²) in [5.74, 6) is -3.01. The van der Waals surface area contributed by atoms with Crippen molar-refractivity contribution in [3.8, 4) is 0 Å². The van der Waals surface area contributed by atoms with Crippen molar-refractivity contribution in [3.05, 3.63) is 10.8 Å². The molecule has 11 N–H and O–H groups in total. The van der Waals surface area contributed by atoms with E-state index in [0.717, 1.165) is 25.7 Å². The fourth-order valence-corrected chi connectivity index (χ4v) is 2.93. The van der Waals surface area contributed by atoms with Crippen molar-refractivity contribution in [1.82, 2.24) is 15.3 Å². The summed E-state index contributed by atoms with van der Waals surface area (Å²) in [6.07, 6.45) is -0.991. The Morgan fingerprint density at radius 1 is 1.16 bits per heavy atom. The number of aromatic nitrogens is 2. The monoisotopic (exact) mass is 481 g/mol. The average molecular weight is 482 g/mol. The Kier molecular flexibility index (Phi) is 9.43. The standard InChI is InChI=1S/C14H22ClN9O.C2HF3O2/c15-10-12(19)23-11(18)9(22-10)13(25)24-14(20)21-7-3-1-6(2-4-7)5-8(16)17;3-2(4,5)1(6)7/h6-7H,1-5H2,(H3,16,17)(H4,18,19,23)(H3,20,21,24,25);(H,6,7). The molecule has 0 aromatic carbocycles. The number of carbonyl (C=O) groups excluding carboxylic acids is 1. The molecule has 1 aromatic rings. The highest BCUT2D eigenvalue weighted by molar-refractivity contribution is 6.31. The van der Waals surface area contributed by atoms with Gasteiger partial charge in [-0.05, 0) is 31.6 Å². The number of nitrogens with two attached hydrogens (primary N) is 4. The molecule has 0 aliphatic heterocycles. The molecule has 0 saturated heterocycles. The number of nitrogens with zero attached hydrogens (tertiary/aromatic N) is 3. The first-order chi connectivity index (χ1) is 14.7. The number of nitrogens with one attached hydrogen (secondary N) is 2. The van der Waals surface area contributed by atoms with Gasteiger partial charge < -0.3 is 28.0 Å². The molecule has 0 bridgehead atoms. The second-order valence-electron chi connectivity index (χ2n) is 6.81. The van der Waals surface area contributed by atoms with Gasteiger partial charge >= 0.3 is 12.1 Å². The SMILES string of the molecule is N=C(N)CC1CCC(N=C(N)NC(=O)c2nc(Cl)c(N)nc2N)CC1.O=C(O)C(F)(F)F. The van der Waals surface area contributed by atoms with E-state index < -0.39 is 18.1 Å². The van der Waals surface area contributed by atoms with Crippen molar-refractivity contribution < 1.29 is 27.9 Å². The van der Waals surface area contributed by atoms with E-state index in [9.17, 15) is 18.0 Å². The van der Waals surface area contributed by atoms with Crippen LogP contribution >= 0.6 is 11.6 Å². The third-order valence-electron chi connectivity index (χ3n) is 4.25. The van der Waals surface area contributed by atoms with Crippen LogP contribution in [0.1, 0.15) is 42.6 Å². The molecule has 32 heavy (non-hydrogen) atoms. The van der Waals surface area contributed by atoms with Crippen LogP contribution in [0.25, 0.3) is 0 Å². The number of carbonyl (C=O) groups is 2. The summed E-state index contributed by atoms with van der Waals surface area (Å²) >= 11 is 5.75. The number of amides is 1. The van der Waals surface area contributed by atoms with Crippen LogP contribution in [0, 0.1) is 11.3 Å². The normalized spacial score (nSPS) is 18.8. The summed E-state index contributed by atoms with van der Waals surface area (Å²) in [6.45, 7) is 0. The third-order valence-corrected chi connectivity index (χ3v) is 4.53. The number of hydrogen-bond acceptors (Lipinski definition) is 8. The van der Waals surface area contributed by atoms with Gasteiger partial charge in [0, 0.05) is 6.42 Å². The van der Waals surface area contributed by atoms with Gasteiger partial charge in [-0.2, -0.15) is 13.2 Å². The van der Waals surface area contributed by atoms with Crippen LogP contribution in [0.15, 0.2) is 4.99 Å². The van der Waals surface area contributed by atoms with E-state index >= 15 is 0 Å². The summed E-state index contributed by atoms with van der Waals surface area (Å²) in [7, 11) is 0. The number of halogens is 4. The van der Waals surface area contributed by atoms with Crippen LogP contribution in [0.3, 0.4) is 0 Å². The predicted molar refractivity (Wildman–Crippen MR) is 111 cm³/mol. The van der Waals surface area contributed by atoms with Gasteiger partial charge in [-0.1, -0.05) is 11.6 Å². The zero-order valence-corrected chi connectivity index (χ0v) is 17.4. The van der Waals surface area contributed by atoms with Gasteiger partial charge in [-0.25, -0.2) is 19.8 Å². The maximum Gasteiger partial charge on any atom is 0.490 e. The number of carboxylic acids is 1. The predicted octanol–water partition coefficient (Wildman–Crippen LogP) is 0.857. The Hall–Kier alpha value is -3.36. The molecule has 12 nitrogen and oxygen atoms in total. The lowest BCUT2D eigenvalue weighted by Crippen LogP contribution is -2.39. The lowest BCUT2D eigenvalue weighted by atomic mass is 9.84. The fourth-order valence-electron chi connectivity index (χ4n) is 2.80. The number of aliphatic imine (C=N–C) groups is 1. The van der Waals surface area contributed by atoms with Gasteiger partial charge in [0.05, 0.1) is 11.9 Å². The van der Waals surface area contributed by atoms with E-state index in [0.29, 0.717) is 12.3 Å². The molecule has 178 valence electrons. The molecule has 2 rings (SSSR count). The Labute approximate surface area is 185 Å². The molecule has 1 fully saturated rings. The number of hydrogen-bond donors (Lipinski definition) is 7. The quantitative estimate of drug-likeness (QED) is 0.238. The second kappa shape index (κ2) is 11.3. The van der Waals surface area contributed by atoms with Crippen LogP contribution in [0.2, 0.25) is 5.15 Å². The van der Waals surface area contributed by atoms with E-state index in [1.54, 1.807) is 0 Å². The minimum Gasteiger partial charge on any atom is -0.475 e. The lowest BCUT2D eigenvalue weighted by Gasteiger charge is -2.26. The third kappa shape index (κ3) is 8.79. The summed E-state index contributed by atoms with van der Waals surface area (Å²) in [5.41, 5.74) is 22.2. The average Bonchev–Trinajstić information content (AvgIpc) is 2.65. The molecular weight excluding hydrogens is 459 g/mol. The zero-order chi connectivity index (χ0) is 24.6. The topological polar surface area (TPSA) is 232 Å². The summed E-state index contributed by atoms with van der Waals surface area (Å²) in [4.78, 5) is 32.9. The highest BCUT2D eigenvalue weighted by Gasteiger charge is 2.38. The van der Waals surface area contributed by atoms with Crippen molar-refractivity contribution >= 4 is 46.9 Å². The number of aliphatic carboxylic acids is 1. The maximum atomic E-state index is 12.2. The smallest absolute Gasteiger partial charge is 0.475 e. The van der Waals surface area contributed by atoms with Gasteiger partial charge in [-0.15, -0.1) is 0 Å². The van der Waals surface area contributed by atoms with Gasteiger partial charge in [0.15, 0.2) is 28.4 Å². The first kappa shape index (κ1) is 26.7. The number of rotatable bonds is 4. The summed E-state index contributed by atoms with van der Waals surface area (Å²) in [5, 5.41) is 16.8. The van der Waals surface area contributed by atoms with Crippen molar-refractivity contribution in [3.63, 3.8) is 0 Å². The highest BCUT2D eigenvalue weighted by atomic mass is 35.5. The van der Waals surface area contributed by atoms with Crippen LogP contribution in [-0.2, 0) is 4.79 Å². The molecule has 1 aromatic heterocycles. The van der Waals surface area contributed by atoms with E-state index in [1.807, 2.05) is 0 Å². The van der Waals surface area contributed by atoms with Crippen LogP contribution < -0.4 is 28.3 Å². The zero-order valence-electron chi connectivity index (χ0n) is 16.6. The first-order valence-electron chi connectivity index (χ1n) is 9.06. The molecule has 0 unspecified atom stereocenters. The molecule has 1 heterocycles. The molecule has 1 saturated carbocycles. The number of nitrogen functional groups attached to an aromatic ring is 2. The van der Waals surface area contributed by atoms with E-state index in [2.05, 4.69) is 20.3 Å². The Morgan fingerprint density at radius 3 is 2.16 bits per heavy atom. The van der Waals surface area contributed by atoms with Gasteiger partial charge in [0.25, 0.3) is 5.91 Å². The Morgan fingerprint density at radius 2 is 1.69 bits per heavy atom. The first-order valence-corrected chi connectivity index (χ1v) is 9.44. The molecule has 16 heteroatoms. The molecule has 0 radical (unpaired) electrons. The number of carboxylic acid groups (broad SMARTS) is 1. The van der Waals surface area contributed by atoms with E-state index in [-0.39, 0.29) is 40.3 Å². The highest BCUT2D eigenvalue weighted by Crippen LogP contribution is 2.28. The molecule has 0 atom stereocenters. The summed E-state index contributed by atoms with van der Waals surface area (Å²) < 4.78 is 31.7. The van der Waals surface area contributed by atoms with Gasteiger partial charge in [0.2, 0.25) is 0 Å². The van der Waals surface area contributed by atoms with Gasteiger partial charge in [-0.3, -0.25) is 15.5 Å². The Balaban J connectivity index is 0.000000633. The molecular formula is C16H23ClF3N9O3. The van der Waals surface area contributed by atoms with Crippen molar-refractivity contribution in [2.75, 3.05) is 11.5 Å². The van der Waals surface area contributed by atoms with Crippen molar-refractivity contribution in [1.29, 1.82) is 5.41 Å². The molecule has 1 aliphatic rings. The fraction of sp³-hybridized carbons (Fsp3) is 0.500. The van der Waals surface area contributed by atoms with Crippen molar-refractivity contribution in [2.24, 2.45) is 22.4 Å². The van der Waals surface area contributed by atoms with E-state index in [4.69, 9.17) is 49.8 Å².